The Hall–Kier alpha value is -2.14. The summed E-state index contributed by atoms with van der Waals surface area (Å²) in [4.78, 5) is 15.2. The lowest BCUT2D eigenvalue weighted by molar-refractivity contribution is -0.111. The molecule has 18 heavy (non-hydrogen) atoms. The highest BCUT2D eigenvalue weighted by Crippen LogP contribution is 2.17. The van der Waals surface area contributed by atoms with Gasteiger partial charge in [0, 0.05) is 11.1 Å². The second kappa shape index (κ2) is 5.97. The Labute approximate surface area is 109 Å². The van der Waals surface area contributed by atoms with Gasteiger partial charge in [-0.25, -0.2) is 4.98 Å². The van der Waals surface area contributed by atoms with Crippen LogP contribution in [0.1, 0.15) is 5.69 Å². The van der Waals surface area contributed by atoms with Gasteiger partial charge in [0.1, 0.15) is 12.4 Å². The van der Waals surface area contributed by atoms with Crippen LogP contribution in [-0.4, -0.2) is 10.9 Å². The molecule has 0 aliphatic heterocycles. The number of hydrogen-bond donors (Lipinski definition) is 1. The van der Waals surface area contributed by atoms with E-state index in [9.17, 15) is 4.79 Å². The Morgan fingerprint density at radius 2 is 2.22 bits per heavy atom. The Morgan fingerprint density at radius 3 is 2.83 bits per heavy atom. The van der Waals surface area contributed by atoms with Gasteiger partial charge >= 0.3 is 0 Å². The number of hydrogen-bond acceptors (Lipinski definition) is 4. The third kappa shape index (κ3) is 3.43. The molecule has 0 aliphatic carbocycles. The van der Waals surface area contributed by atoms with Crippen molar-refractivity contribution in [3.05, 3.63) is 53.5 Å². The maximum atomic E-state index is 11.1. The lowest BCUT2D eigenvalue weighted by atomic mass is 10.3. The Morgan fingerprint density at radius 1 is 1.44 bits per heavy atom. The van der Waals surface area contributed by atoms with Gasteiger partial charge in [0.05, 0.1) is 11.2 Å². The lowest BCUT2D eigenvalue weighted by Crippen LogP contribution is -2.06. The van der Waals surface area contributed by atoms with E-state index < -0.39 is 0 Å². The third-order valence-corrected chi connectivity index (χ3v) is 2.81. The van der Waals surface area contributed by atoms with Gasteiger partial charge in [-0.05, 0) is 30.3 Å². The molecule has 1 aromatic heterocycles. The highest BCUT2D eigenvalue weighted by atomic mass is 32.1. The summed E-state index contributed by atoms with van der Waals surface area (Å²) < 4.78 is 5.55. The minimum atomic E-state index is -0.230. The second-order valence-electron chi connectivity index (χ2n) is 3.49. The van der Waals surface area contributed by atoms with Crippen molar-refractivity contribution in [1.29, 1.82) is 0 Å². The molecule has 0 saturated carbocycles. The number of amides is 1. The summed E-state index contributed by atoms with van der Waals surface area (Å²) in [7, 11) is 0. The van der Waals surface area contributed by atoms with Crippen LogP contribution >= 0.6 is 11.3 Å². The fourth-order valence-electron chi connectivity index (χ4n) is 1.29. The van der Waals surface area contributed by atoms with Gasteiger partial charge in [0.15, 0.2) is 0 Å². The summed E-state index contributed by atoms with van der Waals surface area (Å²) >= 11 is 1.54. The molecule has 0 unspecified atom stereocenters. The second-order valence-corrected chi connectivity index (χ2v) is 4.20. The maximum Gasteiger partial charge on any atom is 0.247 e. The van der Waals surface area contributed by atoms with E-state index >= 15 is 0 Å². The summed E-state index contributed by atoms with van der Waals surface area (Å²) in [6, 6.07) is 7.14. The van der Waals surface area contributed by atoms with Crippen molar-refractivity contribution < 1.29 is 9.53 Å². The number of carbonyl (C=O) groups excluding carboxylic acids is 1. The van der Waals surface area contributed by atoms with Crippen LogP contribution in [0.4, 0.5) is 5.69 Å². The van der Waals surface area contributed by atoms with Gasteiger partial charge in [-0.15, -0.1) is 11.3 Å². The first-order valence-corrected chi connectivity index (χ1v) is 6.25. The molecular formula is C13H12N2O2S. The standard InChI is InChI=1S/C13H12N2O2S/c1-2-13(16)15-10-3-5-12(6-4-10)17-7-11-8-18-9-14-11/h2-6,8-9H,1,7H2,(H,15,16). The molecule has 1 N–H and O–H groups in total. The Bertz CT molecular complexity index is 520. The van der Waals surface area contributed by atoms with Crippen LogP contribution in [0.5, 0.6) is 5.75 Å². The summed E-state index contributed by atoms with van der Waals surface area (Å²) in [5, 5.41) is 4.61. The number of thiazole rings is 1. The molecule has 1 aromatic carbocycles. The lowest BCUT2D eigenvalue weighted by Gasteiger charge is -2.06. The van der Waals surface area contributed by atoms with Crippen molar-refractivity contribution in [1.82, 2.24) is 4.98 Å². The van der Waals surface area contributed by atoms with E-state index in [0.717, 1.165) is 11.4 Å². The molecule has 2 aromatic rings. The zero-order valence-electron chi connectivity index (χ0n) is 9.63. The monoisotopic (exact) mass is 260 g/mol. The molecule has 2 rings (SSSR count). The number of ether oxygens (including phenoxy) is 1. The van der Waals surface area contributed by atoms with Crippen LogP contribution in [0, 0.1) is 0 Å². The van der Waals surface area contributed by atoms with Gasteiger partial charge in [-0.3, -0.25) is 4.79 Å². The van der Waals surface area contributed by atoms with E-state index in [1.165, 1.54) is 17.4 Å². The minimum Gasteiger partial charge on any atom is -0.487 e. The average Bonchev–Trinajstić information content (AvgIpc) is 2.91. The minimum absolute atomic E-state index is 0.230. The molecule has 1 heterocycles. The van der Waals surface area contributed by atoms with Crippen LogP contribution < -0.4 is 10.1 Å². The first kappa shape index (κ1) is 12.3. The molecule has 0 radical (unpaired) electrons. The van der Waals surface area contributed by atoms with E-state index in [1.54, 1.807) is 29.8 Å². The first-order chi connectivity index (χ1) is 8.78. The molecule has 0 fully saturated rings. The zero-order chi connectivity index (χ0) is 12.8. The number of nitrogens with one attached hydrogen (secondary N) is 1. The zero-order valence-corrected chi connectivity index (χ0v) is 10.4. The Balaban J connectivity index is 1.91. The summed E-state index contributed by atoms with van der Waals surface area (Å²) in [6.07, 6.45) is 1.23. The van der Waals surface area contributed by atoms with Crippen molar-refractivity contribution in [2.24, 2.45) is 0 Å². The summed E-state index contributed by atoms with van der Waals surface area (Å²) in [5.41, 5.74) is 3.39. The third-order valence-electron chi connectivity index (χ3n) is 2.18. The topological polar surface area (TPSA) is 51.2 Å². The van der Waals surface area contributed by atoms with Crippen LogP contribution in [0.15, 0.2) is 47.8 Å². The highest BCUT2D eigenvalue weighted by molar-refractivity contribution is 7.07. The number of nitrogens with zero attached hydrogens (tertiary/aromatic N) is 1. The van der Waals surface area contributed by atoms with Crippen LogP contribution in [0.3, 0.4) is 0 Å². The predicted octanol–water partition coefficient (Wildman–Crippen LogP) is 2.85. The van der Waals surface area contributed by atoms with Gasteiger partial charge < -0.3 is 10.1 Å². The quantitative estimate of drug-likeness (QED) is 0.841. The van der Waals surface area contributed by atoms with Crippen LogP contribution in [0.2, 0.25) is 0 Å². The van der Waals surface area contributed by atoms with Crippen molar-refractivity contribution >= 4 is 22.9 Å². The summed E-state index contributed by atoms with van der Waals surface area (Å²) in [5.74, 6) is 0.505. The van der Waals surface area contributed by atoms with E-state index in [0.29, 0.717) is 12.3 Å². The van der Waals surface area contributed by atoms with E-state index in [-0.39, 0.29) is 5.91 Å². The molecule has 0 saturated heterocycles. The van der Waals surface area contributed by atoms with Crippen molar-refractivity contribution in [2.75, 3.05) is 5.32 Å². The molecule has 0 spiro atoms. The maximum absolute atomic E-state index is 11.1. The van der Waals surface area contributed by atoms with Crippen molar-refractivity contribution in [3.63, 3.8) is 0 Å². The predicted molar refractivity (Wildman–Crippen MR) is 71.7 cm³/mol. The number of benzene rings is 1. The van der Waals surface area contributed by atoms with Crippen LogP contribution in [0.25, 0.3) is 0 Å². The van der Waals surface area contributed by atoms with Gasteiger partial charge in [0.25, 0.3) is 0 Å². The molecule has 0 aliphatic rings. The molecule has 0 bridgehead atoms. The Kier molecular flexibility index (Phi) is 4.09. The van der Waals surface area contributed by atoms with Gasteiger partial charge in [-0.1, -0.05) is 6.58 Å². The average molecular weight is 260 g/mol. The molecule has 1 amide bonds. The van der Waals surface area contributed by atoms with E-state index in [2.05, 4.69) is 16.9 Å². The van der Waals surface area contributed by atoms with Gasteiger partial charge in [0.2, 0.25) is 5.91 Å². The van der Waals surface area contributed by atoms with Crippen molar-refractivity contribution in [2.45, 2.75) is 6.61 Å². The molecule has 5 heteroatoms. The molecule has 92 valence electrons. The highest BCUT2D eigenvalue weighted by Gasteiger charge is 1.99. The van der Waals surface area contributed by atoms with E-state index in [1.807, 2.05) is 5.38 Å². The van der Waals surface area contributed by atoms with Crippen LogP contribution in [-0.2, 0) is 11.4 Å². The molecule has 4 nitrogen and oxygen atoms in total. The number of anilines is 1. The smallest absolute Gasteiger partial charge is 0.247 e. The first-order valence-electron chi connectivity index (χ1n) is 5.31. The van der Waals surface area contributed by atoms with E-state index in [4.69, 9.17) is 4.74 Å². The largest absolute Gasteiger partial charge is 0.487 e. The molecular weight excluding hydrogens is 248 g/mol. The number of aromatic nitrogens is 1. The number of carbonyl (C=O) groups is 1. The number of rotatable bonds is 5. The SMILES string of the molecule is C=CC(=O)Nc1ccc(OCc2cscn2)cc1. The molecule has 0 atom stereocenters. The fraction of sp³-hybridized carbons (Fsp3) is 0.0769. The fourth-order valence-corrected chi connectivity index (χ4v) is 1.84. The van der Waals surface area contributed by atoms with Gasteiger partial charge in [-0.2, -0.15) is 0 Å². The summed E-state index contributed by atoms with van der Waals surface area (Å²) in [6.45, 7) is 3.84. The normalized spacial score (nSPS) is 9.78. The van der Waals surface area contributed by atoms with Crippen molar-refractivity contribution in [3.8, 4) is 5.75 Å².